The number of nitrogens with zero attached hydrogens (tertiary/aromatic N) is 1. The van der Waals surface area contributed by atoms with Crippen molar-refractivity contribution in [1.29, 1.82) is 0 Å². The Morgan fingerprint density at radius 2 is 1.80 bits per heavy atom. The van der Waals surface area contributed by atoms with Crippen LogP contribution < -0.4 is 5.32 Å². The van der Waals surface area contributed by atoms with Crippen molar-refractivity contribution in [3.8, 4) is 0 Å². The van der Waals surface area contributed by atoms with Gasteiger partial charge < -0.3 is 15.0 Å². The summed E-state index contributed by atoms with van der Waals surface area (Å²) in [5.74, 6) is 0. The molecule has 0 aromatic heterocycles. The average molecular weight is 278 g/mol. The Balaban J connectivity index is 2.57. The van der Waals surface area contributed by atoms with Gasteiger partial charge in [-0.25, -0.2) is 0 Å². The van der Waals surface area contributed by atoms with E-state index in [1.54, 1.807) is 7.11 Å². The molecule has 1 atom stereocenters. The van der Waals surface area contributed by atoms with Crippen LogP contribution in [0, 0.1) is 0 Å². The summed E-state index contributed by atoms with van der Waals surface area (Å²) >= 11 is 0. The Hall–Kier alpha value is -0.900. The van der Waals surface area contributed by atoms with Crippen molar-refractivity contribution in [2.75, 3.05) is 21.2 Å². The SMILES string of the molecule is COC(C)(C)CC(C)NCc1ccccc1CN(C)C. The van der Waals surface area contributed by atoms with Gasteiger partial charge in [0.1, 0.15) is 0 Å². The third kappa shape index (κ3) is 6.04. The lowest BCUT2D eigenvalue weighted by Crippen LogP contribution is -2.35. The molecule has 20 heavy (non-hydrogen) atoms. The lowest BCUT2D eigenvalue weighted by molar-refractivity contribution is 0.00844. The first kappa shape index (κ1) is 17.2. The highest BCUT2D eigenvalue weighted by atomic mass is 16.5. The molecule has 114 valence electrons. The summed E-state index contributed by atoms with van der Waals surface area (Å²) in [5.41, 5.74) is 2.70. The van der Waals surface area contributed by atoms with Crippen LogP contribution in [0.5, 0.6) is 0 Å². The topological polar surface area (TPSA) is 24.5 Å². The van der Waals surface area contributed by atoms with E-state index < -0.39 is 0 Å². The number of benzene rings is 1. The fraction of sp³-hybridized carbons (Fsp3) is 0.647. The van der Waals surface area contributed by atoms with E-state index in [0.717, 1.165) is 19.5 Å². The van der Waals surface area contributed by atoms with Gasteiger partial charge in [0.25, 0.3) is 0 Å². The highest BCUT2D eigenvalue weighted by Crippen LogP contribution is 2.16. The number of nitrogens with one attached hydrogen (secondary N) is 1. The van der Waals surface area contributed by atoms with Crippen LogP contribution in [-0.2, 0) is 17.8 Å². The predicted molar refractivity (Wildman–Crippen MR) is 85.8 cm³/mol. The molecule has 1 N–H and O–H groups in total. The van der Waals surface area contributed by atoms with Crippen LogP contribution in [0.2, 0.25) is 0 Å². The third-order valence-electron chi connectivity index (χ3n) is 3.60. The lowest BCUT2D eigenvalue weighted by atomic mass is 9.99. The van der Waals surface area contributed by atoms with Crippen molar-refractivity contribution < 1.29 is 4.74 Å². The van der Waals surface area contributed by atoms with Crippen LogP contribution in [0.3, 0.4) is 0 Å². The molecule has 0 saturated heterocycles. The average Bonchev–Trinajstić information content (AvgIpc) is 2.36. The van der Waals surface area contributed by atoms with Crippen molar-refractivity contribution in [2.24, 2.45) is 0 Å². The normalized spacial score (nSPS) is 13.8. The molecule has 0 saturated carbocycles. The lowest BCUT2D eigenvalue weighted by Gasteiger charge is -2.27. The van der Waals surface area contributed by atoms with Gasteiger partial charge in [-0.3, -0.25) is 0 Å². The summed E-state index contributed by atoms with van der Waals surface area (Å²) in [7, 11) is 5.99. The van der Waals surface area contributed by atoms with E-state index in [1.807, 2.05) is 0 Å². The Labute approximate surface area is 124 Å². The van der Waals surface area contributed by atoms with Gasteiger partial charge in [0, 0.05) is 26.2 Å². The molecule has 0 aliphatic carbocycles. The molecule has 0 bridgehead atoms. The van der Waals surface area contributed by atoms with Gasteiger partial charge >= 0.3 is 0 Å². The zero-order valence-electron chi connectivity index (χ0n) is 13.9. The number of hydrogen-bond acceptors (Lipinski definition) is 3. The maximum atomic E-state index is 5.49. The molecule has 0 radical (unpaired) electrons. The first-order valence-electron chi connectivity index (χ1n) is 7.34. The van der Waals surface area contributed by atoms with Crippen LogP contribution >= 0.6 is 0 Å². The summed E-state index contributed by atoms with van der Waals surface area (Å²) in [6.45, 7) is 8.37. The zero-order chi connectivity index (χ0) is 15.2. The number of rotatable bonds is 8. The number of ether oxygens (including phenoxy) is 1. The van der Waals surface area contributed by atoms with Gasteiger partial charge in [0.15, 0.2) is 0 Å². The van der Waals surface area contributed by atoms with Gasteiger partial charge in [0.05, 0.1) is 5.60 Å². The van der Waals surface area contributed by atoms with Crippen LogP contribution in [0.15, 0.2) is 24.3 Å². The van der Waals surface area contributed by atoms with Crippen LogP contribution in [-0.4, -0.2) is 37.7 Å². The number of hydrogen-bond donors (Lipinski definition) is 1. The first-order chi connectivity index (χ1) is 9.34. The van der Waals surface area contributed by atoms with E-state index in [1.165, 1.54) is 11.1 Å². The molecular weight excluding hydrogens is 248 g/mol. The van der Waals surface area contributed by atoms with Crippen LogP contribution in [0.4, 0.5) is 0 Å². The van der Waals surface area contributed by atoms with E-state index in [0.29, 0.717) is 6.04 Å². The second kappa shape index (κ2) is 7.77. The summed E-state index contributed by atoms with van der Waals surface area (Å²) in [5, 5.41) is 3.60. The van der Waals surface area contributed by atoms with Crippen molar-refractivity contribution in [3.05, 3.63) is 35.4 Å². The Kier molecular flexibility index (Phi) is 6.66. The fourth-order valence-electron chi connectivity index (χ4n) is 2.40. The van der Waals surface area contributed by atoms with Gasteiger partial charge in [0.2, 0.25) is 0 Å². The third-order valence-corrected chi connectivity index (χ3v) is 3.60. The monoisotopic (exact) mass is 278 g/mol. The Bertz CT molecular complexity index is 402. The predicted octanol–water partition coefficient (Wildman–Crippen LogP) is 3.04. The molecule has 1 aromatic rings. The second-order valence-corrected chi connectivity index (χ2v) is 6.46. The Morgan fingerprint density at radius 3 is 2.35 bits per heavy atom. The van der Waals surface area contributed by atoms with E-state index in [4.69, 9.17) is 4.74 Å². The molecule has 0 spiro atoms. The molecule has 0 fully saturated rings. The molecular formula is C17H30N2O. The standard InChI is InChI=1S/C17H30N2O/c1-14(11-17(2,3)20-6)18-12-15-9-7-8-10-16(15)13-19(4)5/h7-10,14,18H,11-13H2,1-6H3. The van der Waals surface area contributed by atoms with Crippen molar-refractivity contribution in [3.63, 3.8) is 0 Å². The smallest absolute Gasteiger partial charge is 0.0637 e. The maximum absolute atomic E-state index is 5.49. The van der Waals surface area contributed by atoms with Gasteiger partial charge in [-0.05, 0) is 52.4 Å². The molecule has 1 unspecified atom stereocenters. The molecule has 1 rings (SSSR count). The molecule has 3 nitrogen and oxygen atoms in total. The largest absolute Gasteiger partial charge is 0.379 e. The van der Waals surface area contributed by atoms with Gasteiger partial charge in [-0.15, -0.1) is 0 Å². The minimum absolute atomic E-state index is 0.0738. The molecule has 0 aliphatic rings. The summed E-state index contributed by atoms with van der Waals surface area (Å²) in [6.07, 6.45) is 0.999. The van der Waals surface area contributed by atoms with E-state index >= 15 is 0 Å². The minimum Gasteiger partial charge on any atom is -0.379 e. The van der Waals surface area contributed by atoms with E-state index in [2.05, 4.69) is 69.3 Å². The Morgan fingerprint density at radius 1 is 1.20 bits per heavy atom. The van der Waals surface area contributed by atoms with Gasteiger partial charge in [-0.2, -0.15) is 0 Å². The maximum Gasteiger partial charge on any atom is 0.0637 e. The zero-order valence-corrected chi connectivity index (χ0v) is 13.9. The summed E-state index contributed by atoms with van der Waals surface area (Å²) in [6, 6.07) is 9.07. The van der Waals surface area contributed by atoms with E-state index in [-0.39, 0.29) is 5.60 Å². The summed E-state index contributed by atoms with van der Waals surface area (Å²) < 4.78 is 5.49. The highest BCUT2D eigenvalue weighted by molar-refractivity contribution is 5.26. The number of methoxy groups -OCH3 is 1. The molecule has 0 aliphatic heterocycles. The molecule has 1 aromatic carbocycles. The van der Waals surface area contributed by atoms with Gasteiger partial charge in [-0.1, -0.05) is 24.3 Å². The van der Waals surface area contributed by atoms with Crippen molar-refractivity contribution >= 4 is 0 Å². The van der Waals surface area contributed by atoms with Crippen LogP contribution in [0.25, 0.3) is 0 Å². The van der Waals surface area contributed by atoms with E-state index in [9.17, 15) is 0 Å². The molecule has 0 heterocycles. The molecule has 0 amide bonds. The summed E-state index contributed by atoms with van der Waals surface area (Å²) in [4.78, 5) is 2.20. The van der Waals surface area contributed by atoms with Crippen LogP contribution in [0.1, 0.15) is 38.3 Å². The quantitative estimate of drug-likeness (QED) is 0.791. The minimum atomic E-state index is -0.0738. The first-order valence-corrected chi connectivity index (χ1v) is 7.34. The van der Waals surface area contributed by atoms with Crippen molar-refractivity contribution in [1.82, 2.24) is 10.2 Å². The second-order valence-electron chi connectivity index (χ2n) is 6.46. The highest BCUT2D eigenvalue weighted by Gasteiger charge is 2.19. The van der Waals surface area contributed by atoms with Crippen molar-refractivity contribution in [2.45, 2.75) is 51.9 Å². The fourth-order valence-corrected chi connectivity index (χ4v) is 2.40. The molecule has 3 heteroatoms.